The minimum absolute atomic E-state index is 0.111. The minimum atomic E-state index is -1.55. The van der Waals surface area contributed by atoms with Gasteiger partial charge in [-0.3, -0.25) is 9.59 Å². The fourth-order valence-electron chi connectivity index (χ4n) is 3.75. The van der Waals surface area contributed by atoms with E-state index in [9.17, 15) is 23.5 Å². The number of benzene rings is 1. The molecule has 1 aromatic rings. The summed E-state index contributed by atoms with van der Waals surface area (Å²) in [4.78, 5) is 24.7. The first kappa shape index (κ1) is 19.5. The topological polar surface area (TPSA) is 66.4 Å². The summed E-state index contributed by atoms with van der Waals surface area (Å²) in [6.45, 7) is 5.39. The Morgan fingerprint density at radius 3 is 2.64 bits per heavy atom. The van der Waals surface area contributed by atoms with Gasteiger partial charge in [0.25, 0.3) is 5.91 Å². The van der Waals surface area contributed by atoms with Crippen LogP contribution in [0.4, 0.5) is 8.78 Å². The molecule has 0 aliphatic heterocycles. The molecular formula is C19H25F2NO3. The zero-order valence-corrected chi connectivity index (χ0v) is 14.8. The number of carbonyl (C=O) groups excluding carboxylic acids is 2. The Hall–Kier alpha value is -1.82. The SMILES string of the molecule is CC1CCC(C(C)C)[C@@](O)(C(=O)NCC(=O)c2cc(F)ccc2F)C1. The van der Waals surface area contributed by atoms with Crippen molar-refractivity contribution in [3.8, 4) is 0 Å². The summed E-state index contributed by atoms with van der Waals surface area (Å²) in [6.07, 6.45) is 1.99. The first-order valence-electron chi connectivity index (χ1n) is 8.64. The van der Waals surface area contributed by atoms with Crippen molar-refractivity contribution in [2.24, 2.45) is 17.8 Å². The van der Waals surface area contributed by atoms with Gasteiger partial charge in [-0.05, 0) is 48.8 Å². The predicted molar refractivity (Wildman–Crippen MR) is 90.0 cm³/mol. The third-order valence-corrected chi connectivity index (χ3v) is 5.08. The summed E-state index contributed by atoms with van der Waals surface area (Å²) >= 11 is 0. The number of nitrogens with one attached hydrogen (secondary N) is 1. The van der Waals surface area contributed by atoms with Gasteiger partial charge in [0.2, 0.25) is 0 Å². The largest absolute Gasteiger partial charge is 0.380 e. The Balaban J connectivity index is 2.09. The maximum absolute atomic E-state index is 13.6. The van der Waals surface area contributed by atoms with Crippen LogP contribution in [0.3, 0.4) is 0 Å². The van der Waals surface area contributed by atoms with E-state index in [1.807, 2.05) is 20.8 Å². The third kappa shape index (κ3) is 4.24. The van der Waals surface area contributed by atoms with Gasteiger partial charge in [-0.1, -0.05) is 27.2 Å². The maximum atomic E-state index is 13.6. The van der Waals surface area contributed by atoms with Gasteiger partial charge in [0.05, 0.1) is 12.1 Å². The summed E-state index contributed by atoms with van der Waals surface area (Å²) in [5.41, 5.74) is -1.96. The average molecular weight is 353 g/mol. The molecule has 0 aromatic heterocycles. The molecule has 6 heteroatoms. The predicted octanol–water partition coefficient (Wildman–Crippen LogP) is 3.09. The van der Waals surface area contributed by atoms with Crippen LogP contribution in [0, 0.1) is 29.4 Å². The lowest BCUT2D eigenvalue weighted by Gasteiger charge is -2.43. The first-order chi connectivity index (χ1) is 11.6. The molecule has 3 atom stereocenters. The lowest BCUT2D eigenvalue weighted by Crippen LogP contribution is -2.57. The molecule has 0 bridgehead atoms. The van der Waals surface area contributed by atoms with Gasteiger partial charge in [0, 0.05) is 0 Å². The normalized spacial score (nSPS) is 26.5. The van der Waals surface area contributed by atoms with Gasteiger partial charge in [-0.2, -0.15) is 0 Å². The van der Waals surface area contributed by atoms with Gasteiger partial charge in [0.15, 0.2) is 5.78 Å². The van der Waals surface area contributed by atoms with Gasteiger partial charge in [-0.25, -0.2) is 8.78 Å². The molecule has 1 aliphatic carbocycles. The second-order valence-electron chi connectivity index (χ2n) is 7.39. The van der Waals surface area contributed by atoms with Crippen LogP contribution in [0.5, 0.6) is 0 Å². The zero-order valence-electron chi connectivity index (χ0n) is 14.8. The van der Waals surface area contributed by atoms with Gasteiger partial charge < -0.3 is 10.4 Å². The van der Waals surface area contributed by atoms with E-state index in [4.69, 9.17) is 0 Å². The maximum Gasteiger partial charge on any atom is 0.252 e. The molecular weight excluding hydrogens is 328 g/mol. The van der Waals surface area contributed by atoms with Crippen LogP contribution in [-0.2, 0) is 4.79 Å². The minimum Gasteiger partial charge on any atom is -0.380 e. The van der Waals surface area contributed by atoms with E-state index >= 15 is 0 Å². The Morgan fingerprint density at radius 1 is 1.32 bits per heavy atom. The van der Waals surface area contributed by atoms with Crippen LogP contribution in [0.25, 0.3) is 0 Å². The molecule has 25 heavy (non-hydrogen) atoms. The molecule has 138 valence electrons. The van der Waals surface area contributed by atoms with E-state index < -0.39 is 41.0 Å². The fourth-order valence-corrected chi connectivity index (χ4v) is 3.75. The van der Waals surface area contributed by atoms with Crippen molar-refractivity contribution >= 4 is 11.7 Å². The Kier molecular flexibility index (Phi) is 5.93. The number of carbonyl (C=O) groups is 2. The Bertz CT molecular complexity index is 662. The van der Waals surface area contributed by atoms with Crippen LogP contribution in [-0.4, -0.2) is 28.9 Å². The van der Waals surface area contributed by atoms with Crippen molar-refractivity contribution in [3.63, 3.8) is 0 Å². The van der Waals surface area contributed by atoms with Crippen LogP contribution in [0.1, 0.15) is 50.4 Å². The highest BCUT2D eigenvalue weighted by atomic mass is 19.1. The van der Waals surface area contributed by atoms with Crippen molar-refractivity contribution in [2.45, 2.75) is 45.6 Å². The summed E-state index contributed by atoms with van der Waals surface area (Å²) in [5.74, 6) is -2.82. The number of rotatable bonds is 5. The molecule has 0 spiro atoms. The fraction of sp³-hybridized carbons (Fsp3) is 0.579. The molecule has 1 saturated carbocycles. The van der Waals surface area contributed by atoms with Crippen molar-refractivity contribution in [1.29, 1.82) is 0 Å². The molecule has 1 aromatic carbocycles. The first-order valence-corrected chi connectivity index (χ1v) is 8.64. The molecule has 2 N–H and O–H groups in total. The summed E-state index contributed by atoms with van der Waals surface area (Å²) in [7, 11) is 0. The standard InChI is InChI=1S/C19H25F2NO3/c1-11(2)15-6-4-12(3)9-19(15,25)18(24)22-10-17(23)14-8-13(20)5-7-16(14)21/h5,7-8,11-12,15,25H,4,6,9-10H2,1-3H3,(H,22,24)/t12?,15?,19-/m1/s1. The van der Waals surface area contributed by atoms with E-state index in [2.05, 4.69) is 5.32 Å². The van der Waals surface area contributed by atoms with Crippen LogP contribution >= 0.6 is 0 Å². The lowest BCUT2D eigenvalue weighted by atomic mass is 9.66. The van der Waals surface area contributed by atoms with Crippen molar-refractivity contribution in [3.05, 3.63) is 35.4 Å². The highest BCUT2D eigenvalue weighted by Crippen LogP contribution is 2.41. The van der Waals surface area contributed by atoms with Crippen LogP contribution in [0.2, 0.25) is 0 Å². The van der Waals surface area contributed by atoms with E-state index in [1.54, 1.807) is 0 Å². The summed E-state index contributed by atoms with van der Waals surface area (Å²) < 4.78 is 26.8. The van der Waals surface area contributed by atoms with Gasteiger partial charge in [0.1, 0.15) is 17.2 Å². The molecule has 0 radical (unpaired) electrons. The van der Waals surface area contributed by atoms with Gasteiger partial charge in [-0.15, -0.1) is 0 Å². The van der Waals surface area contributed by atoms with E-state index in [-0.39, 0.29) is 17.8 Å². The number of amides is 1. The Labute approximate surface area is 146 Å². The second kappa shape index (κ2) is 7.60. The Morgan fingerprint density at radius 2 is 2.00 bits per heavy atom. The van der Waals surface area contributed by atoms with Crippen LogP contribution < -0.4 is 5.32 Å². The molecule has 4 nitrogen and oxygen atoms in total. The molecule has 2 unspecified atom stereocenters. The number of hydrogen-bond acceptors (Lipinski definition) is 3. The van der Waals surface area contributed by atoms with E-state index in [0.29, 0.717) is 6.42 Å². The summed E-state index contributed by atoms with van der Waals surface area (Å²) in [6, 6.07) is 2.59. The van der Waals surface area contributed by atoms with Gasteiger partial charge >= 0.3 is 0 Å². The van der Waals surface area contributed by atoms with Crippen LogP contribution in [0.15, 0.2) is 18.2 Å². The number of aliphatic hydroxyl groups is 1. The molecule has 1 fully saturated rings. The van der Waals surface area contributed by atoms with Crippen molar-refractivity contribution in [2.75, 3.05) is 6.54 Å². The highest BCUT2D eigenvalue weighted by molar-refractivity contribution is 6.00. The smallest absolute Gasteiger partial charge is 0.252 e. The quantitative estimate of drug-likeness (QED) is 0.800. The summed E-state index contributed by atoms with van der Waals surface area (Å²) in [5, 5.41) is 13.4. The molecule has 1 amide bonds. The van der Waals surface area contributed by atoms with E-state index in [1.165, 1.54) is 0 Å². The monoisotopic (exact) mass is 353 g/mol. The third-order valence-electron chi connectivity index (χ3n) is 5.08. The second-order valence-corrected chi connectivity index (χ2v) is 7.39. The van der Waals surface area contributed by atoms with Crippen molar-refractivity contribution in [1.82, 2.24) is 5.32 Å². The molecule has 0 saturated heterocycles. The zero-order chi connectivity index (χ0) is 18.8. The number of hydrogen-bond donors (Lipinski definition) is 2. The number of Topliss-reactive ketones (excluding diaryl/α,β-unsaturated/α-hetero) is 1. The lowest BCUT2D eigenvalue weighted by molar-refractivity contribution is -0.155. The van der Waals surface area contributed by atoms with Crippen molar-refractivity contribution < 1.29 is 23.5 Å². The highest BCUT2D eigenvalue weighted by Gasteiger charge is 2.48. The molecule has 0 heterocycles. The average Bonchev–Trinajstić information content (AvgIpc) is 2.53. The molecule has 2 rings (SSSR count). The molecule has 1 aliphatic rings. The van der Waals surface area contributed by atoms with E-state index in [0.717, 1.165) is 31.0 Å². The number of halogens is 2. The number of ketones is 1.